The first-order chi connectivity index (χ1) is 9.86. The lowest BCUT2D eigenvalue weighted by Crippen LogP contribution is -2.45. The molecule has 0 aromatic heterocycles. The lowest BCUT2D eigenvalue weighted by atomic mass is 9.89. The quantitative estimate of drug-likeness (QED) is 0.801. The average Bonchev–Trinajstić information content (AvgIpc) is 2.46. The first kappa shape index (κ1) is 15.3. The Hall–Kier alpha value is -2.08. The fraction of sp³-hybridized carbons (Fsp3) is 0.267. The Balaban J connectivity index is 2.27. The minimum Gasteiger partial charge on any atom is -0.467 e. The monoisotopic (exact) mass is 298 g/mol. The van der Waals surface area contributed by atoms with E-state index >= 15 is 0 Å². The van der Waals surface area contributed by atoms with Gasteiger partial charge in [0.2, 0.25) is 0 Å². The predicted molar refractivity (Wildman–Crippen MR) is 70.1 cm³/mol. The minimum absolute atomic E-state index is 0.250. The summed E-state index contributed by atoms with van der Waals surface area (Å²) in [5.41, 5.74) is -0.592. The molecule has 0 amide bonds. The summed E-state index contributed by atoms with van der Waals surface area (Å²) in [7, 11) is 1.02. The van der Waals surface area contributed by atoms with Crippen LogP contribution in [0.3, 0.4) is 0 Å². The molecule has 0 saturated heterocycles. The van der Waals surface area contributed by atoms with Crippen LogP contribution < -0.4 is 0 Å². The van der Waals surface area contributed by atoms with Gasteiger partial charge in [0.05, 0.1) is 7.11 Å². The zero-order valence-corrected chi connectivity index (χ0v) is 11.2. The summed E-state index contributed by atoms with van der Waals surface area (Å²) in [6.07, 6.45) is -1.13. The van der Waals surface area contributed by atoms with Gasteiger partial charge in [-0.15, -0.1) is 13.2 Å². The Morgan fingerprint density at radius 1 is 1.24 bits per heavy atom. The molecule has 0 bridgehead atoms. The number of hydrogen-bond acceptors (Lipinski definition) is 3. The second-order valence-electron chi connectivity index (χ2n) is 4.49. The summed E-state index contributed by atoms with van der Waals surface area (Å²) in [6, 6.07) is 9.12. The first-order valence-electron chi connectivity index (χ1n) is 6.16. The Bertz CT molecular complexity index is 576. The molecule has 1 aliphatic rings. The number of benzene rings is 1. The molecule has 1 atom stereocenters. The molecule has 21 heavy (non-hydrogen) atoms. The SMILES string of the molecule is COC(=O)C1(OC(F)(F)F)C=CC(c2ccccc2)=CC1. The van der Waals surface area contributed by atoms with Crippen LogP contribution in [0.15, 0.2) is 48.6 Å². The number of carbonyl (C=O) groups is 1. The van der Waals surface area contributed by atoms with Crippen molar-refractivity contribution in [3.05, 3.63) is 54.1 Å². The number of rotatable bonds is 3. The standard InChI is InChI=1S/C15H13F3O3/c1-20-13(19)14(21-15(16,17)18)9-7-12(8-10-14)11-5-3-2-4-6-11/h2-9H,10H2,1H3. The number of hydrogen-bond donors (Lipinski definition) is 0. The molecule has 1 aromatic rings. The van der Waals surface area contributed by atoms with E-state index in [1.54, 1.807) is 0 Å². The Morgan fingerprint density at radius 3 is 2.38 bits per heavy atom. The number of carbonyl (C=O) groups excluding carboxylic acids is 1. The highest BCUT2D eigenvalue weighted by Crippen LogP contribution is 2.35. The minimum atomic E-state index is -4.93. The van der Waals surface area contributed by atoms with Crippen molar-refractivity contribution in [1.29, 1.82) is 0 Å². The maximum atomic E-state index is 12.5. The molecule has 0 saturated carbocycles. The van der Waals surface area contributed by atoms with Gasteiger partial charge in [-0.25, -0.2) is 4.79 Å². The van der Waals surface area contributed by atoms with Crippen LogP contribution in [-0.4, -0.2) is 25.0 Å². The summed E-state index contributed by atoms with van der Waals surface area (Å²) >= 11 is 0. The zero-order chi connectivity index (χ0) is 15.5. The van der Waals surface area contributed by atoms with Crippen molar-refractivity contribution in [3.63, 3.8) is 0 Å². The van der Waals surface area contributed by atoms with Gasteiger partial charge in [-0.1, -0.05) is 42.5 Å². The second kappa shape index (κ2) is 5.73. The van der Waals surface area contributed by atoms with Gasteiger partial charge in [0.15, 0.2) is 5.60 Å². The number of esters is 1. The molecule has 112 valence electrons. The van der Waals surface area contributed by atoms with E-state index < -0.39 is 17.9 Å². The molecule has 0 N–H and O–H groups in total. The Morgan fingerprint density at radius 2 is 1.90 bits per heavy atom. The number of ether oxygens (including phenoxy) is 2. The van der Waals surface area contributed by atoms with Gasteiger partial charge in [-0.05, 0) is 17.2 Å². The van der Waals surface area contributed by atoms with Crippen LogP contribution in [0.4, 0.5) is 13.2 Å². The molecular weight excluding hydrogens is 285 g/mol. The van der Waals surface area contributed by atoms with Crippen LogP contribution in [0.1, 0.15) is 12.0 Å². The molecule has 1 aromatic carbocycles. The zero-order valence-electron chi connectivity index (χ0n) is 11.2. The third kappa shape index (κ3) is 3.52. The molecule has 2 rings (SSSR count). The largest absolute Gasteiger partial charge is 0.523 e. The molecule has 0 aliphatic heterocycles. The van der Waals surface area contributed by atoms with E-state index in [0.29, 0.717) is 0 Å². The third-order valence-corrected chi connectivity index (χ3v) is 3.09. The molecular formula is C15H13F3O3. The first-order valence-corrected chi connectivity index (χ1v) is 6.16. The third-order valence-electron chi connectivity index (χ3n) is 3.09. The summed E-state index contributed by atoms with van der Waals surface area (Å²) in [5.74, 6) is -1.08. The van der Waals surface area contributed by atoms with Crippen LogP contribution in [0.25, 0.3) is 5.57 Å². The molecule has 0 radical (unpaired) electrons. The van der Waals surface area contributed by atoms with E-state index in [2.05, 4.69) is 9.47 Å². The molecule has 0 spiro atoms. The molecule has 6 heteroatoms. The molecule has 1 unspecified atom stereocenters. The summed E-state index contributed by atoms with van der Waals surface area (Å²) in [6.45, 7) is 0. The maximum Gasteiger partial charge on any atom is 0.523 e. The van der Waals surface area contributed by atoms with Crippen LogP contribution in [0.5, 0.6) is 0 Å². The highest BCUT2D eigenvalue weighted by Gasteiger charge is 2.48. The fourth-order valence-electron chi connectivity index (χ4n) is 2.11. The summed E-state index contributed by atoms with van der Waals surface area (Å²) in [5, 5.41) is 0. The van der Waals surface area contributed by atoms with Gasteiger partial charge in [-0.3, -0.25) is 4.74 Å². The summed E-state index contributed by atoms with van der Waals surface area (Å²) in [4.78, 5) is 11.7. The van der Waals surface area contributed by atoms with E-state index in [-0.39, 0.29) is 6.42 Å². The van der Waals surface area contributed by atoms with Gasteiger partial charge >= 0.3 is 12.3 Å². The van der Waals surface area contributed by atoms with E-state index in [4.69, 9.17) is 0 Å². The molecule has 1 aliphatic carbocycles. The topological polar surface area (TPSA) is 35.5 Å². The van der Waals surface area contributed by atoms with Crippen LogP contribution in [0, 0.1) is 0 Å². The van der Waals surface area contributed by atoms with Crippen molar-refractivity contribution < 1.29 is 27.4 Å². The average molecular weight is 298 g/mol. The van der Waals surface area contributed by atoms with E-state index in [0.717, 1.165) is 24.3 Å². The number of halogens is 3. The lowest BCUT2D eigenvalue weighted by molar-refractivity contribution is -0.354. The van der Waals surface area contributed by atoms with Crippen LogP contribution in [0.2, 0.25) is 0 Å². The van der Waals surface area contributed by atoms with Crippen molar-refractivity contribution in [2.24, 2.45) is 0 Å². The van der Waals surface area contributed by atoms with Gasteiger partial charge < -0.3 is 4.74 Å². The fourth-order valence-corrected chi connectivity index (χ4v) is 2.11. The lowest BCUT2D eigenvalue weighted by Gasteiger charge is -2.30. The van der Waals surface area contributed by atoms with Crippen molar-refractivity contribution >= 4 is 11.5 Å². The number of alkyl halides is 3. The van der Waals surface area contributed by atoms with Crippen molar-refractivity contribution in [2.45, 2.75) is 18.4 Å². The maximum absolute atomic E-state index is 12.5. The van der Waals surface area contributed by atoms with Gasteiger partial charge in [0.1, 0.15) is 0 Å². The number of allylic oxidation sites excluding steroid dienone is 2. The van der Waals surface area contributed by atoms with Gasteiger partial charge in [0, 0.05) is 6.42 Å². The van der Waals surface area contributed by atoms with Crippen molar-refractivity contribution in [2.75, 3.05) is 7.11 Å². The highest BCUT2D eigenvalue weighted by molar-refractivity contribution is 5.86. The second-order valence-corrected chi connectivity index (χ2v) is 4.49. The van der Waals surface area contributed by atoms with E-state index in [1.165, 1.54) is 12.2 Å². The van der Waals surface area contributed by atoms with Gasteiger partial charge in [-0.2, -0.15) is 0 Å². The van der Waals surface area contributed by atoms with Crippen LogP contribution in [-0.2, 0) is 14.3 Å². The highest BCUT2D eigenvalue weighted by atomic mass is 19.4. The van der Waals surface area contributed by atoms with Crippen LogP contribution >= 0.6 is 0 Å². The normalized spacial score (nSPS) is 21.8. The van der Waals surface area contributed by atoms with Gasteiger partial charge in [0.25, 0.3) is 0 Å². The summed E-state index contributed by atoms with van der Waals surface area (Å²) < 4.78 is 46.0. The Labute approximate surface area is 119 Å². The van der Waals surface area contributed by atoms with E-state index in [1.807, 2.05) is 30.3 Å². The van der Waals surface area contributed by atoms with E-state index in [9.17, 15) is 18.0 Å². The smallest absolute Gasteiger partial charge is 0.467 e. The van der Waals surface area contributed by atoms with Crippen molar-refractivity contribution in [1.82, 2.24) is 0 Å². The number of methoxy groups -OCH3 is 1. The van der Waals surface area contributed by atoms with Crippen molar-refractivity contribution in [3.8, 4) is 0 Å². The molecule has 0 heterocycles. The Kier molecular flexibility index (Phi) is 4.18. The predicted octanol–water partition coefficient (Wildman–Crippen LogP) is 3.48. The molecule has 0 fully saturated rings. The molecule has 3 nitrogen and oxygen atoms in total.